The number of alkyl halides is 6. The fourth-order valence-electron chi connectivity index (χ4n) is 3.48. The summed E-state index contributed by atoms with van der Waals surface area (Å²) in [6, 6.07) is 11.5. The molecule has 0 aliphatic carbocycles. The Hall–Kier alpha value is -4.29. The molecule has 2 aromatic carbocycles. The van der Waals surface area contributed by atoms with Crippen molar-refractivity contribution in [2.75, 3.05) is 19.1 Å². The molecule has 188 valence electrons. The molecule has 0 spiro atoms. The molecular formula is C23H16F6N4O3. The van der Waals surface area contributed by atoms with Gasteiger partial charge in [-0.1, -0.05) is 12.1 Å². The van der Waals surface area contributed by atoms with Gasteiger partial charge in [-0.2, -0.15) is 18.3 Å². The van der Waals surface area contributed by atoms with Crippen LogP contribution >= 0.6 is 0 Å². The lowest BCUT2D eigenvalue weighted by molar-refractivity contribution is -0.274. The third-order valence-electron chi connectivity index (χ3n) is 5.14. The molecule has 2 heterocycles. The summed E-state index contributed by atoms with van der Waals surface area (Å²) < 4.78 is 88.4. The van der Waals surface area contributed by atoms with Crippen LogP contribution in [-0.2, 0) is 6.18 Å². The third-order valence-corrected chi connectivity index (χ3v) is 5.14. The number of ether oxygens (including phenoxy) is 2. The highest BCUT2D eigenvalue weighted by molar-refractivity contribution is 6.09. The number of nitrogens with zero attached hydrogens (tertiary/aromatic N) is 4. The van der Waals surface area contributed by atoms with Gasteiger partial charge in [0.1, 0.15) is 17.1 Å². The second-order valence-electron chi connectivity index (χ2n) is 7.42. The van der Waals surface area contributed by atoms with Crippen LogP contribution in [0.4, 0.5) is 32.0 Å². The first kappa shape index (κ1) is 24.8. The molecule has 0 unspecified atom stereocenters. The number of carbonyl (C=O) groups excluding carboxylic acids is 1. The molecule has 36 heavy (non-hydrogen) atoms. The standard InChI is InChI=1S/C23H16F6N4O3/c1-32(13-7-9-14(10-8-13)36-23(27,28)29)21(34)16-12-30-33-19(22(24,25)26)11-17(31-20(16)33)15-5-3-4-6-18(15)35-2/h3-12H,1-2H3. The van der Waals surface area contributed by atoms with Gasteiger partial charge in [0.25, 0.3) is 5.91 Å². The van der Waals surface area contributed by atoms with E-state index >= 15 is 0 Å². The lowest BCUT2D eigenvalue weighted by Gasteiger charge is -2.18. The van der Waals surface area contributed by atoms with Gasteiger partial charge in [0.2, 0.25) is 0 Å². The van der Waals surface area contributed by atoms with E-state index in [2.05, 4.69) is 14.8 Å². The Morgan fingerprint density at radius 1 is 1.00 bits per heavy atom. The van der Waals surface area contributed by atoms with Gasteiger partial charge in [-0.05, 0) is 42.5 Å². The molecule has 0 aliphatic heterocycles. The Morgan fingerprint density at radius 2 is 1.67 bits per heavy atom. The van der Waals surface area contributed by atoms with E-state index in [-0.39, 0.29) is 33.9 Å². The normalized spacial score (nSPS) is 12.0. The topological polar surface area (TPSA) is 69.0 Å². The summed E-state index contributed by atoms with van der Waals surface area (Å²) in [6.07, 6.45) is -8.77. The Labute approximate surface area is 199 Å². The van der Waals surface area contributed by atoms with Gasteiger partial charge in [-0.3, -0.25) is 4.79 Å². The quantitative estimate of drug-likeness (QED) is 0.327. The van der Waals surface area contributed by atoms with Crippen LogP contribution in [0.5, 0.6) is 11.5 Å². The van der Waals surface area contributed by atoms with Crippen molar-refractivity contribution >= 4 is 17.2 Å². The van der Waals surface area contributed by atoms with Crippen LogP contribution < -0.4 is 14.4 Å². The molecule has 0 bridgehead atoms. The number of amides is 1. The minimum atomic E-state index is -4.89. The van der Waals surface area contributed by atoms with Crippen LogP contribution in [0.1, 0.15) is 16.1 Å². The number of benzene rings is 2. The molecule has 13 heteroatoms. The number of hydrogen-bond donors (Lipinski definition) is 0. The Balaban J connectivity index is 1.78. The van der Waals surface area contributed by atoms with Gasteiger partial charge in [0.15, 0.2) is 11.3 Å². The summed E-state index contributed by atoms with van der Waals surface area (Å²) in [5.41, 5.74) is -1.45. The first-order valence-corrected chi connectivity index (χ1v) is 10.1. The van der Waals surface area contributed by atoms with E-state index in [4.69, 9.17) is 4.74 Å². The van der Waals surface area contributed by atoms with E-state index in [0.29, 0.717) is 4.52 Å². The summed E-state index contributed by atoms with van der Waals surface area (Å²) in [5, 5.41) is 3.72. The predicted molar refractivity (Wildman–Crippen MR) is 116 cm³/mol. The lowest BCUT2D eigenvalue weighted by Crippen LogP contribution is -2.26. The van der Waals surface area contributed by atoms with E-state index < -0.39 is 29.9 Å². The molecule has 0 radical (unpaired) electrons. The number of rotatable bonds is 5. The first-order chi connectivity index (χ1) is 16.9. The van der Waals surface area contributed by atoms with Gasteiger partial charge >= 0.3 is 12.5 Å². The SMILES string of the molecule is COc1ccccc1-c1cc(C(F)(F)F)n2ncc(C(=O)N(C)c3ccc(OC(F)(F)F)cc3)c2n1. The molecule has 0 aliphatic rings. The van der Waals surface area contributed by atoms with Gasteiger partial charge in [0.05, 0.1) is 19.0 Å². The zero-order valence-electron chi connectivity index (χ0n) is 18.6. The molecule has 7 nitrogen and oxygen atoms in total. The molecule has 4 aromatic rings. The molecule has 0 saturated carbocycles. The van der Waals surface area contributed by atoms with E-state index in [1.165, 1.54) is 32.4 Å². The largest absolute Gasteiger partial charge is 0.573 e. The third kappa shape index (κ3) is 4.90. The maximum atomic E-state index is 13.9. The van der Waals surface area contributed by atoms with Crippen LogP contribution in [0.25, 0.3) is 16.9 Å². The minimum absolute atomic E-state index is 0.0990. The summed E-state index contributed by atoms with van der Waals surface area (Å²) in [7, 11) is 2.66. The van der Waals surface area contributed by atoms with E-state index in [0.717, 1.165) is 29.3 Å². The highest BCUT2D eigenvalue weighted by Gasteiger charge is 2.36. The summed E-state index contributed by atoms with van der Waals surface area (Å²) in [4.78, 5) is 18.5. The van der Waals surface area contributed by atoms with E-state index in [1.807, 2.05) is 0 Å². The number of carbonyl (C=O) groups is 1. The van der Waals surface area contributed by atoms with Crippen molar-refractivity contribution in [1.82, 2.24) is 14.6 Å². The van der Waals surface area contributed by atoms with Crippen LogP contribution in [0.2, 0.25) is 0 Å². The summed E-state index contributed by atoms with van der Waals surface area (Å²) >= 11 is 0. The molecule has 2 aromatic heterocycles. The Morgan fingerprint density at radius 3 is 2.28 bits per heavy atom. The van der Waals surface area contributed by atoms with Crippen molar-refractivity contribution in [3.63, 3.8) is 0 Å². The average Bonchev–Trinajstić information content (AvgIpc) is 3.25. The maximum absolute atomic E-state index is 13.9. The van der Waals surface area contributed by atoms with Crippen LogP contribution in [-0.4, -0.2) is 41.0 Å². The number of fused-ring (bicyclic) bond motifs is 1. The summed E-state index contributed by atoms with van der Waals surface area (Å²) in [5.74, 6) is -1.01. The second kappa shape index (κ2) is 9.06. The molecular weight excluding hydrogens is 494 g/mol. The van der Waals surface area contributed by atoms with Crippen molar-refractivity contribution in [3.8, 4) is 22.8 Å². The monoisotopic (exact) mass is 510 g/mol. The number of para-hydroxylation sites is 1. The molecule has 0 atom stereocenters. The second-order valence-corrected chi connectivity index (χ2v) is 7.42. The highest BCUT2D eigenvalue weighted by atomic mass is 19.4. The average molecular weight is 510 g/mol. The number of aromatic nitrogens is 3. The van der Waals surface area contributed by atoms with Gasteiger partial charge in [-0.15, -0.1) is 13.2 Å². The fraction of sp³-hybridized carbons (Fsp3) is 0.174. The minimum Gasteiger partial charge on any atom is -0.496 e. The number of halogens is 6. The Bertz CT molecular complexity index is 1410. The molecule has 0 fully saturated rings. The lowest BCUT2D eigenvalue weighted by atomic mass is 10.1. The van der Waals surface area contributed by atoms with Crippen LogP contribution in [0.15, 0.2) is 60.8 Å². The smallest absolute Gasteiger partial charge is 0.496 e. The maximum Gasteiger partial charge on any atom is 0.573 e. The van der Waals surface area contributed by atoms with Crippen molar-refractivity contribution in [2.24, 2.45) is 0 Å². The molecule has 4 rings (SSSR count). The van der Waals surface area contributed by atoms with Gasteiger partial charge in [-0.25, -0.2) is 9.50 Å². The van der Waals surface area contributed by atoms with Gasteiger partial charge in [0, 0.05) is 18.3 Å². The predicted octanol–water partition coefficient (Wildman–Crippen LogP) is 5.60. The number of methoxy groups -OCH3 is 1. The fourth-order valence-corrected chi connectivity index (χ4v) is 3.48. The van der Waals surface area contributed by atoms with E-state index in [9.17, 15) is 31.1 Å². The van der Waals surface area contributed by atoms with Crippen molar-refractivity contribution in [2.45, 2.75) is 12.5 Å². The van der Waals surface area contributed by atoms with Crippen LogP contribution in [0, 0.1) is 0 Å². The first-order valence-electron chi connectivity index (χ1n) is 10.1. The molecule has 0 N–H and O–H groups in total. The van der Waals surface area contributed by atoms with Crippen molar-refractivity contribution in [3.05, 3.63) is 72.1 Å². The van der Waals surface area contributed by atoms with Crippen molar-refractivity contribution in [1.29, 1.82) is 0 Å². The number of hydrogen-bond acceptors (Lipinski definition) is 5. The van der Waals surface area contributed by atoms with Crippen LogP contribution in [0.3, 0.4) is 0 Å². The van der Waals surface area contributed by atoms with Gasteiger partial charge < -0.3 is 14.4 Å². The molecule has 0 saturated heterocycles. The Kier molecular flexibility index (Phi) is 6.24. The molecule has 1 amide bonds. The highest BCUT2D eigenvalue weighted by Crippen LogP contribution is 2.35. The zero-order valence-corrected chi connectivity index (χ0v) is 18.6. The number of anilines is 1. The van der Waals surface area contributed by atoms with Crippen molar-refractivity contribution < 1.29 is 40.6 Å². The van der Waals surface area contributed by atoms with E-state index in [1.54, 1.807) is 18.2 Å². The zero-order chi connectivity index (χ0) is 26.3. The summed E-state index contributed by atoms with van der Waals surface area (Å²) in [6.45, 7) is 0.